The fraction of sp³-hybridized carbons (Fsp3) is 0.667. The number of hydrogen-bond donors (Lipinski definition) is 0. The number of aryl methyl sites for hydroxylation is 1. The molecule has 1 aromatic heterocycles. The lowest BCUT2D eigenvalue weighted by atomic mass is 10.1. The van der Waals surface area contributed by atoms with Gasteiger partial charge in [0.15, 0.2) is 0 Å². The largest absolute Gasteiger partial charge is 0.374 e. The van der Waals surface area contributed by atoms with Crippen molar-refractivity contribution in [2.75, 3.05) is 18.1 Å². The highest BCUT2D eigenvalue weighted by molar-refractivity contribution is 9.10. The topological polar surface area (TPSA) is 38.2 Å². The van der Waals surface area contributed by atoms with Crippen LogP contribution in [0.4, 0.5) is 5.82 Å². The van der Waals surface area contributed by atoms with Gasteiger partial charge in [-0.05, 0) is 42.1 Å². The van der Waals surface area contributed by atoms with E-state index in [1.807, 2.05) is 13.0 Å². The van der Waals surface area contributed by atoms with Crippen LogP contribution in [-0.4, -0.2) is 35.3 Å². The van der Waals surface area contributed by atoms with Crippen LogP contribution in [0.25, 0.3) is 0 Å². The molecule has 0 radical (unpaired) electrons. The number of rotatable bonds is 1. The molecule has 1 saturated carbocycles. The number of ether oxygens (including phenoxy) is 1. The molecule has 2 heterocycles. The van der Waals surface area contributed by atoms with E-state index in [2.05, 4.69) is 30.8 Å². The molecule has 5 heteroatoms. The van der Waals surface area contributed by atoms with Crippen LogP contribution in [0.2, 0.25) is 0 Å². The third kappa shape index (κ3) is 2.18. The first-order chi connectivity index (χ1) is 8.24. The second-order valence-electron chi connectivity index (χ2n) is 4.70. The minimum absolute atomic E-state index is 0.401. The molecule has 3 rings (SSSR count). The second-order valence-corrected chi connectivity index (χ2v) is 5.51. The summed E-state index contributed by atoms with van der Waals surface area (Å²) < 4.78 is 6.68. The Morgan fingerprint density at radius 3 is 3.12 bits per heavy atom. The molecule has 0 aromatic carbocycles. The highest BCUT2D eigenvalue weighted by atomic mass is 79.9. The smallest absolute Gasteiger partial charge is 0.133 e. The number of nitrogens with zero attached hydrogens (tertiary/aromatic N) is 3. The summed E-state index contributed by atoms with van der Waals surface area (Å²) in [5, 5.41) is 0. The third-order valence-electron chi connectivity index (χ3n) is 3.57. The first kappa shape index (κ1) is 11.4. The van der Waals surface area contributed by atoms with Crippen molar-refractivity contribution in [3.8, 4) is 0 Å². The minimum atomic E-state index is 0.401. The summed E-state index contributed by atoms with van der Waals surface area (Å²) in [7, 11) is 0. The molecule has 2 unspecified atom stereocenters. The van der Waals surface area contributed by atoms with E-state index >= 15 is 0 Å². The Bertz CT molecular complexity index is 406. The van der Waals surface area contributed by atoms with Gasteiger partial charge in [0.25, 0.3) is 0 Å². The molecule has 0 spiro atoms. The number of aromatic nitrogens is 2. The Kier molecular flexibility index (Phi) is 3.04. The van der Waals surface area contributed by atoms with E-state index in [-0.39, 0.29) is 0 Å². The lowest BCUT2D eigenvalue weighted by Crippen LogP contribution is -2.49. The lowest BCUT2D eigenvalue weighted by molar-refractivity contribution is 0.0253. The maximum Gasteiger partial charge on any atom is 0.133 e. The van der Waals surface area contributed by atoms with Crippen LogP contribution in [0.5, 0.6) is 0 Å². The predicted octanol–water partition coefficient (Wildman–Crippen LogP) is 2.31. The van der Waals surface area contributed by atoms with Crippen molar-refractivity contribution in [2.45, 2.75) is 38.3 Å². The maximum atomic E-state index is 5.82. The van der Waals surface area contributed by atoms with Crippen LogP contribution < -0.4 is 4.90 Å². The molecule has 2 fully saturated rings. The minimum Gasteiger partial charge on any atom is -0.374 e. The first-order valence-corrected chi connectivity index (χ1v) is 6.93. The van der Waals surface area contributed by atoms with Gasteiger partial charge in [0.05, 0.1) is 18.8 Å². The summed E-state index contributed by atoms with van der Waals surface area (Å²) in [5.41, 5.74) is 0. The van der Waals surface area contributed by atoms with E-state index in [4.69, 9.17) is 4.74 Å². The highest BCUT2D eigenvalue weighted by Crippen LogP contribution is 2.32. The van der Waals surface area contributed by atoms with Crippen molar-refractivity contribution in [2.24, 2.45) is 0 Å². The Hall–Kier alpha value is -0.680. The highest BCUT2D eigenvalue weighted by Gasteiger charge is 2.36. The molecule has 2 atom stereocenters. The number of hydrogen-bond acceptors (Lipinski definition) is 4. The van der Waals surface area contributed by atoms with E-state index in [0.717, 1.165) is 29.4 Å². The van der Waals surface area contributed by atoms with Crippen molar-refractivity contribution in [3.63, 3.8) is 0 Å². The zero-order valence-electron chi connectivity index (χ0n) is 9.90. The summed E-state index contributed by atoms with van der Waals surface area (Å²) in [6.07, 6.45) is 4.06. The summed E-state index contributed by atoms with van der Waals surface area (Å²) in [4.78, 5) is 11.2. The standard InChI is InChI=1S/C12H16BrN3O/c1-8-14-11(13)7-12(15-8)16-5-6-17-10-4-2-3-9(10)16/h7,9-10H,2-6H2,1H3. The van der Waals surface area contributed by atoms with Crippen LogP contribution in [0.15, 0.2) is 10.7 Å². The number of anilines is 1. The van der Waals surface area contributed by atoms with Crippen LogP contribution in [0.3, 0.4) is 0 Å². The zero-order valence-corrected chi connectivity index (χ0v) is 11.5. The van der Waals surface area contributed by atoms with Gasteiger partial charge in [0.1, 0.15) is 16.2 Å². The Morgan fingerprint density at radius 2 is 2.29 bits per heavy atom. The molecule has 0 bridgehead atoms. The van der Waals surface area contributed by atoms with Gasteiger partial charge in [0.2, 0.25) is 0 Å². The summed E-state index contributed by atoms with van der Waals surface area (Å²) in [5.74, 6) is 1.85. The molecule has 17 heavy (non-hydrogen) atoms. The third-order valence-corrected chi connectivity index (χ3v) is 3.98. The van der Waals surface area contributed by atoms with Crippen molar-refractivity contribution < 1.29 is 4.74 Å². The summed E-state index contributed by atoms with van der Waals surface area (Å²) >= 11 is 3.44. The summed E-state index contributed by atoms with van der Waals surface area (Å²) in [6.45, 7) is 3.67. The molecule has 2 aliphatic rings. The zero-order chi connectivity index (χ0) is 11.8. The van der Waals surface area contributed by atoms with Crippen LogP contribution in [0, 0.1) is 6.92 Å². The van der Waals surface area contributed by atoms with Gasteiger partial charge in [-0.1, -0.05) is 0 Å². The molecule has 0 amide bonds. The van der Waals surface area contributed by atoms with Gasteiger partial charge < -0.3 is 9.64 Å². The number of fused-ring (bicyclic) bond motifs is 1. The van der Waals surface area contributed by atoms with Crippen molar-refractivity contribution >= 4 is 21.7 Å². The molecule has 0 N–H and O–H groups in total. The fourth-order valence-corrected chi connectivity index (χ4v) is 3.34. The van der Waals surface area contributed by atoms with Crippen molar-refractivity contribution in [3.05, 3.63) is 16.5 Å². The number of morpholine rings is 1. The first-order valence-electron chi connectivity index (χ1n) is 6.13. The molecular weight excluding hydrogens is 282 g/mol. The molecule has 1 aromatic rings. The van der Waals surface area contributed by atoms with Gasteiger partial charge in [-0.2, -0.15) is 0 Å². The SMILES string of the molecule is Cc1nc(Br)cc(N2CCOC3CCCC32)n1. The van der Waals surface area contributed by atoms with E-state index in [1.54, 1.807) is 0 Å². The average molecular weight is 298 g/mol. The quantitative estimate of drug-likeness (QED) is 0.746. The van der Waals surface area contributed by atoms with Crippen LogP contribution in [-0.2, 0) is 4.74 Å². The molecule has 1 saturated heterocycles. The average Bonchev–Trinajstić information content (AvgIpc) is 2.75. The molecular formula is C12H16BrN3O. The van der Waals surface area contributed by atoms with Gasteiger partial charge in [-0.15, -0.1) is 0 Å². The van der Waals surface area contributed by atoms with E-state index in [0.29, 0.717) is 12.1 Å². The molecule has 1 aliphatic heterocycles. The van der Waals surface area contributed by atoms with Crippen LogP contribution in [0.1, 0.15) is 25.1 Å². The van der Waals surface area contributed by atoms with Gasteiger partial charge in [-0.25, -0.2) is 9.97 Å². The normalized spacial score (nSPS) is 28.2. The maximum absolute atomic E-state index is 5.82. The van der Waals surface area contributed by atoms with Gasteiger partial charge in [0, 0.05) is 12.6 Å². The Morgan fingerprint density at radius 1 is 1.41 bits per heavy atom. The second kappa shape index (κ2) is 4.53. The van der Waals surface area contributed by atoms with E-state index in [9.17, 15) is 0 Å². The Balaban J connectivity index is 1.91. The van der Waals surface area contributed by atoms with Crippen molar-refractivity contribution in [1.29, 1.82) is 0 Å². The van der Waals surface area contributed by atoms with E-state index in [1.165, 1.54) is 19.3 Å². The van der Waals surface area contributed by atoms with Crippen LogP contribution >= 0.6 is 15.9 Å². The lowest BCUT2D eigenvalue weighted by Gasteiger charge is -2.38. The van der Waals surface area contributed by atoms with E-state index < -0.39 is 0 Å². The molecule has 92 valence electrons. The summed E-state index contributed by atoms with van der Waals surface area (Å²) in [6, 6.07) is 2.51. The van der Waals surface area contributed by atoms with Gasteiger partial charge >= 0.3 is 0 Å². The molecule has 4 nitrogen and oxygen atoms in total. The monoisotopic (exact) mass is 297 g/mol. The predicted molar refractivity (Wildman–Crippen MR) is 69.2 cm³/mol. The fourth-order valence-electron chi connectivity index (χ4n) is 2.87. The Labute approximate surface area is 110 Å². The van der Waals surface area contributed by atoms with Crippen molar-refractivity contribution in [1.82, 2.24) is 9.97 Å². The number of halogens is 1. The molecule has 1 aliphatic carbocycles. The van der Waals surface area contributed by atoms with Gasteiger partial charge in [-0.3, -0.25) is 0 Å².